The van der Waals surface area contributed by atoms with Gasteiger partial charge in [-0.15, -0.1) is 0 Å². The van der Waals surface area contributed by atoms with Crippen molar-refractivity contribution in [3.8, 4) is 0 Å². The van der Waals surface area contributed by atoms with Gasteiger partial charge >= 0.3 is 0 Å². The van der Waals surface area contributed by atoms with Crippen LogP contribution in [-0.2, 0) is 15.8 Å². The number of hydrogen-bond acceptors (Lipinski definition) is 3. The molecule has 1 aliphatic rings. The Hall–Kier alpha value is -2.70. The number of piperidine rings is 1. The van der Waals surface area contributed by atoms with E-state index >= 15 is 0 Å². The number of furan rings is 1. The number of nitrogens with one attached hydrogen (secondary N) is 1. The average molecular weight is 423 g/mol. The fraction of sp³-hybridized carbons (Fsp3) is 0.292. The monoisotopic (exact) mass is 422 g/mol. The molecule has 156 valence electrons. The second kappa shape index (κ2) is 9.41. The van der Waals surface area contributed by atoms with Gasteiger partial charge < -0.3 is 9.73 Å². The minimum Gasteiger partial charge on any atom is -0.467 e. The fourth-order valence-electron chi connectivity index (χ4n) is 3.96. The largest absolute Gasteiger partial charge is 0.467 e. The predicted octanol–water partition coefficient (Wildman–Crippen LogP) is 4.63. The minimum atomic E-state index is -1.35. The summed E-state index contributed by atoms with van der Waals surface area (Å²) < 4.78 is 20.8. The molecule has 0 bridgehead atoms. The summed E-state index contributed by atoms with van der Waals surface area (Å²) in [4.78, 5) is 13.7. The highest BCUT2D eigenvalue weighted by atomic mass is 32.2. The number of carbonyl (C=O) groups is 1. The molecule has 0 saturated carbocycles. The van der Waals surface area contributed by atoms with Gasteiger partial charge in [0.05, 0.1) is 23.1 Å². The molecule has 3 aromatic rings. The van der Waals surface area contributed by atoms with Crippen molar-refractivity contribution in [2.75, 3.05) is 6.54 Å². The maximum absolute atomic E-state index is 13.5. The average Bonchev–Trinajstić information content (AvgIpc) is 3.34. The van der Waals surface area contributed by atoms with Crippen LogP contribution in [0.4, 0.5) is 0 Å². The fourth-order valence-corrected chi connectivity index (χ4v) is 5.39. The molecule has 2 aromatic carbocycles. The third-order valence-electron chi connectivity index (χ3n) is 5.58. The summed E-state index contributed by atoms with van der Waals surface area (Å²) in [6, 6.07) is 23.1. The van der Waals surface area contributed by atoms with Crippen LogP contribution in [0.3, 0.4) is 0 Å². The minimum absolute atomic E-state index is 0.0128. The molecule has 1 fully saturated rings. The highest BCUT2D eigenvalue weighted by Crippen LogP contribution is 2.36. The van der Waals surface area contributed by atoms with Crippen LogP contribution in [0.5, 0.6) is 0 Å². The molecule has 0 spiro atoms. The van der Waals surface area contributed by atoms with E-state index in [9.17, 15) is 9.00 Å². The quantitative estimate of drug-likeness (QED) is 0.630. The van der Waals surface area contributed by atoms with E-state index in [1.165, 1.54) is 0 Å². The summed E-state index contributed by atoms with van der Waals surface area (Å²) in [5, 5.41) is 3.05. The van der Waals surface area contributed by atoms with Gasteiger partial charge in [-0.1, -0.05) is 48.5 Å². The molecule has 6 heteroatoms. The Balaban J connectivity index is 1.54. The van der Waals surface area contributed by atoms with E-state index in [1.54, 1.807) is 6.26 Å². The Kier molecular flexibility index (Phi) is 6.45. The number of amides is 1. The second-order valence-electron chi connectivity index (χ2n) is 7.61. The van der Waals surface area contributed by atoms with E-state index in [4.69, 9.17) is 4.42 Å². The number of benzene rings is 2. The van der Waals surface area contributed by atoms with Gasteiger partial charge in [-0.25, -0.2) is 8.51 Å². The lowest BCUT2D eigenvalue weighted by atomic mass is 9.90. The van der Waals surface area contributed by atoms with E-state index in [0.717, 1.165) is 29.1 Å². The lowest BCUT2D eigenvalue weighted by Gasteiger charge is -2.38. The van der Waals surface area contributed by atoms with Crippen LogP contribution in [0.25, 0.3) is 0 Å². The van der Waals surface area contributed by atoms with Crippen LogP contribution in [0, 0.1) is 5.92 Å². The lowest BCUT2D eigenvalue weighted by molar-refractivity contribution is -0.127. The molecule has 2 unspecified atom stereocenters. The summed E-state index contributed by atoms with van der Waals surface area (Å²) in [5.41, 5.74) is 1.13. The van der Waals surface area contributed by atoms with Crippen LogP contribution >= 0.6 is 0 Å². The SMILES string of the molecule is CC(NC(=O)[C@@H]1CC[C@H](c2ccccc2)N(S(=O)c2ccccc2)C1)c1ccco1. The summed E-state index contributed by atoms with van der Waals surface area (Å²) in [6.07, 6.45) is 3.13. The zero-order valence-corrected chi connectivity index (χ0v) is 17.8. The first-order valence-electron chi connectivity index (χ1n) is 10.3. The summed E-state index contributed by atoms with van der Waals surface area (Å²) >= 11 is 0. The first kappa shape index (κ1) is 20.6. The molecule has 0 radical (unpaired) electrons. The smallest absolute Gasteiger partial charge is 0.225 e. The van der Waals surface area contributed by atoms with E-state index in [0.29, 0.717) is 6.54 Å². The van der Waals surface area contributed by atoms with Crippen molar-refractivity contribution in [2.24, 2.45) is 5.92 Å². The molecular weight excluding hydrogens is 396 g/mol. The molecule has 5 nitrogen and oxygen atoms in total. The van der Waals surface area contributed by atoms with Crippen molar-refractivity contribution in [3.63, 3.8) is 0 Å². The normalized spacial score (nSPS) is 21.6. The highest BCUT2D eigenvalue weighted by Gasteiger charge is 2.36. The number of hydrogen-bond donors (Lipinski definition) is 1. The van der Waals surface area contributed by atoms with Crippen molar-refractivity contribution in [2.45, 2.75) is 36.7 Å². The summed E-state index contributed by atoms with van der Waals surface area (Å²) in [5.74, 6) is 0.474. The third-order valence-corrected chi connectivity index (χ3v) is 7.08. The van der Waals surface area contributed by atoms with Gasteiger partial charge in [-0.3, -0.25) is 4.79 Å². The van der Waals surface area contributed by atoms with Crippen molar-refractivity contribution in [1.29, 1.82) is 0 Å². The molecular formula is C24H26N2O3S. The Bertz CT molecular complexity index is 976. The van der Waals surface area contributed by atoms with Crippen LogP contribution in [0.1, 0.15) is 43.2 Å². The molecule has 30 heavy (non-hydrogen) atoms. The van der Waals surface area contributed by atoms with E-state index in [-0.39, 0.29) is 23.9 Å². The Morgan fingerprint density at radius 1 is 1.03 bits per heavy atom. The van der Waals surface area contributed by atoms with Crippen molar-refractivity contribution in [1.82, 2.24) is 9.62 Å². The first-order valence-corrected chi connectivity index (χ1v) is 11.4. The molecule has 1 aliphatic heterocycles. The number of nitrogens with zero attached hydrogens (tertiary/aromatic N) is 1. The molecule has 1 N–H and O–H groups in total. The van der Waals surface area contributed by atoms with Crippen LogP contribution in [0.2, 0.25) is 0 Å². The molecule has 2 heterocycles. The molecule has 0 aliphatic carbocycles. The molecule has 1 saturated heterocycles. The second-order valence-corrected chi connectivity index (χ2v) is 9.05. The maximum atomic E-state index is 13.5. The lowest BCUT2D eigenvalue weighted by Crippen LogP contribution is -2.45. The summed E-state index contributed by atoms with van der Waals surface area (Å²) in [6.45, 7) is 2.35. The van der Waals surface area contributed by atoms with Gasteiger partial charge in [-0.2, -0.15) is 0 Å². The van der Waals surface area contributed by atoms with Crippen molar-refractivity contribution in [3.05, 3.63) is 90.4 Å². The molecule has 4 rings (SSSR count). The van der Waals surface area contributed by atoms with Crippen LogP contribution in [0.15, 0.2) is 88.4 Å². The molecule has 4 atom stereocenters. The van der Waals surface area contributed by atoms with Crippen LogP contribution < -0.4 is 5.32 Å². The van der Waals surface area contributed by atoms with Crippen LogP contribution in [-0.4, -0.2) is 21.0 Å². The Labute approximate surface area is 179 Å². The van der Waals surface area contributed by atoms with Gasteiger partial charge in [0.2, 0.25) is 5.91 Å². The van der Waals surface area contributed by atoms with Crippen molar-refractivity contribution >= 4 is 16.9 Å². The zero-order chi connectivity index (χ0) is 20.9. The Morgan fingerprint density at radius 2 is 1.73 bits per heavy atom. The first-order chi connectivity index (χ1) is 14.6. The van der Waals surface area contributed by atoms with E-state index in [1.807, 2.05) is 71.9 Å². The topological polar surface area (TPSA) is 62.6 Å². The van der Waals surface area contributed by atoms with Gasteiger partial charge in [-0.05, 0) is 49.6 Å². The van der Waals surface area contributed by atoms with E-state index < -0.39 is 11.0 Å². The van der Waals surface area contributed by atoms with Gasteiger partial charge in [0, 0.05) is 12.6 Å². The van der Waals surface area contributed by atoms with Gasteiger partial charge in [0.1, 0.15) is 16.7 Å². The Morgan fingerprint density at radius 3 is 2.40 bits per heavy atom. The number of rotatable bonds is 6. The van der Waals surface area contributed by atoms with E-state index in [2.05, 4.69) is 17.4 Å². The summed E-state index contributed by atoms with van der Waals surface area (Å²) in [7, 11) is -1.35. The predicted molar refractivity (Wildman–Crippen MR) is 117 cm³/mol. The van der Waals surface area contributed by atoms with Gasteiger partial charge in [0.25, 0.3) is 0 Å². The zero-order valence-electron chi connectivity index (χ0n) is 16.9. The van der Waals surface area contributed by atoms with Gasteiger partial charge in [0.15, 0.2) is 0 Å². The highest BCUT2D eigenvalue weighted by molar-refractivity contribution is 7.82. The third kappa shape index (κ3) is 4.55. The maximum Gasteiger partial charge on any atom is 0.225 e. The molecule has 1 aromatic heterocycles. The number of carbonyl (C=O) groups excluding carboxylic acids is 1. The standard InChI is InChI=1S/C24H26N2O3S/c1-18(23-13-8-16-29-23)25-24(27)20-14-15-22(19-9-4-2-5-10-19)26(17-20)30(28)21-11-6-3-7-12-21/h2-13,16,18,20,22H,14-15,17H2,1H3,(H,25,27)/t18?,20-,22-,30?/m1/s1. The molecule has 1 amide bonds. The van der Waals surface area contributed by atoms with Crippen molar-refractivity contribution < 1.29 is 13.4 Å².